The molecule has 0 radical (unpaired) electrons. The third-order valence-electron chi connectivity index (χ3n) is 4.88. The van der Waals surface area contributed by atoms with Gasteiger partial charge in [-0.15, -0.1) is 0 Å². The van der Waals surface area contributed by atoms with Crippen LogP contribution in [-0.4, -0.2) is 13.1 Å². The van der Waals surface area contributed by atoms with Crippen LogP contribution in [0.5, 0.6) is 0 Å². The molecule has 0 heterocycles. The number of rotatable bonds is 3. The van der Waals surface area contributed by atoms with Crippen molar-refractivity contribution < 1.29 is 9.53 Å². The van der Waals surface area contributed by atoms with Gasteiger partial charge in [0.25, 0.3) is 0 Å². The lowest BCUT2D eigenvalue weighted by Crippen LogP contribution is -2.04. The summed E-state index contributed by atoms with van der Waals surface area (Å²) >= 11 is 12.5. The number of ether oxygens (including phenoxy) is 1. The predicted octanol–water partition coefficient (Wildman–Crippen LogP) is 6.14. The molecule has 3 aromatic carbocycles. The van der Waals surface area contributed by atoms with Crippen molar-refractivity contribution in [3.05, 3.63) is 93.0 Å². The maximum absolute atomic E-state index is 11.6. The number of halogens is 2. The number of methoxy groups -OCH3 is 1. The largest absolute Gasteiger partial charge is 0.465 e. The molecule has 4 rings (SSSR count). The Morgan fingerprint density at radius 3 is 1.92 bits per heavy atom. The Hall–Kier alpha value is -2.29. The quantitative estimate of drug-likeness (QED) is 0.508. The van der Waals surface area contributed by atoms with Gasteiger partial charge in [-0.25, -0.2) is 4.79 Å². The van der Waals surface area contributed by atoms with Crippen molar-refractivity contribution in [1.29, 1.82) is 0 Å². The molecule has 0 amide bonds. The van der Waals surface area contributed by atoms with E-state index in [9.17, 15) is 4.79 Å². The number of benzene rings is 3. The topological polar surface area (TPSA) is 26.3 Å². The van der Waals surface area contributed by atoms with E-state index in [2.05, 4.69) is 12.1 Å². The van der Waals surface area contributed by atoms with Crippen molar-refractivity contribution in [3.63, 3.8) is 0 Å². The average Bonchev–Trinajstić information content (AvgIpc) is 2.94. The highest BCUT2D eigenvalue weighted by molar-refractivity contribution is 6.31. The fourth-order valence-electron chi connectivity index (χ4n) is 3.65. The third kappa shape index (κ3) is 3.00. The van der Waals surface area contributed by atoms with Crippen LogP contribution in [0.3, 0.4) is 0 Å². The van der Waals surface area contributed by atoms with Crippen molar-refractivity contribution in [3.8, 4) is 11.1 Å². The summed E-state index contributed by atoms with van der Waals surface area (Å²) in [7, 11) is 1.39. The molecule has 4 heteroatoms. The Kier molecular flexibility index (Phi) is 4.47. The molecule has 0 unspecified atom stereocenters. The average molecular weight is 383 g/mol. The number of carbonyl (C=O) groups is 1. The fraction of sp³-hybridized carbons (Fsp3) is 0.136. The highest BCUT2D eigenvalue weighted by Crippen LogP contribution is 2.47. The van der Waals surface area contributed by atoms with Gasteiger partial charge in [0.1, 0.15) is 0 Å². The van der Waals surface area contributed by atoms with Gasteiger partial charge in [-0.2, -0.15) is 0 Å². The summed E-state index contributed by atoms with van der Waals surface area (Å²) in [6.07, 6.45) is 0.808. The molecule has 0 atom stereocenters. The number of esters is 1. The first-order chi connectivity index (χ1) is 12.6. The number of hydrogen-bond donors (Lipinski definition) is 0. The minimum absolute atomic E-state index is 0.182. The lowest BCUT2D eigenvalue weighted by Gasteiger charge is -2.14. The van der Waals surface area contributed by atoms with Gasteiger partial charge < -0.3 is 4.74 Å². The molecule has 0 bridgehead atoms. The van der Waals surface area contributed by atoms with E-state index in [4.69, 9.17) is 27.9 Å². The monoisotopic (exact) mass is 382 g/mol. The van der Waals surface area contributed by atoms with Gasteiger partial charge in [0.2, 0.25) is 0 Å². The Morgan fingerprint density at radius 1 is 0.885 bits per heavy atom. The molecule has 26 heavy (non-hydrogen) atoms. The van der Waals surface area contributed by atoms with E-state index < -0.39 is 0 Å². The van der Waals surface area contributed by atoms with Gasteiger partial charge in [-0.1, -0.05) is 47.5 Å². The molecule has 0 fully saturated rings. The minimum atomic E-state index is -0.327. The lowest BCUT2D eigenvalue weighted by atomic mass is 9.90. The van der Waals surface area contributed by atoms with Crippen LogP contribution in [0.15, 0.2) is 60.7 Å². The van der Waals surface area contributed by atoms with Gasteiger partial charge in [0.15, 0.2) is 0 Å². The molecule has 0 N–H and O–H groups in total. The molecule has 0 saturated heterocycles. The van der Waals surface area contributed by atoms with Crippen molar-refractivity contribution in [2.45, 2.75) is 12.3 Å². The molecule has 0 aromatic heterocycles. The summed E-state index contributed by atoms with van der Waals surface area (Å²) < 4.78 is 4.76. The summed E-state index contributed by atoms with van der Waals surface area (Å²) in [5.74, 6) is -0.145. The van der Waals surface area contributed by atoms with Crippen LogP contribution < -0.4 is 0 Å². The van der Waals surface area contributed by atoms with Crippen LogP contribution in [-0.2, 0) is 11.2 Å². The van der Waals surface area contributed by atoms with Gasteiger partial charge in [-0.05, 0) is 70.6 Å². The van der Waals surface area contributed by atoms with Crippen LogP contribution >= 0.6 is 23.2 Å². The molecule has 2 nitrogen and oxygen atoms in total. The SMILES string of the molecule is COC(=O)c1ccc(CC2c3cc(Cl)ccc3-c3ccc(Cl)cc32)cc1. The molecule has 1 aliphatic carbocycles. The summed E-state index contributed by atoms with van der Waals surface area (Å²) in [6.45, 7) is 0. The van der Waals surface area contributed by atoms with Crippen molar-refractivity contribution in [2.24, 2.45) is 0 Å². The second-order valence-corrected chi connectivity index (χ2v) is 7.28. The summed E-state index contributed by atoms with van der Waals surface area (Å²) in [5, 5.41) is 1.46. The van der Waals surface area contributed by atoms with Crippen molar-refractivity contribution in [2.75, 3.05) is 7.11 Å². The van der Waals surface area contributed by atoms with Gasteiger partial charge in [0, 0.05) is 16.0 Å². The summed E-state index contributed by atoms with van der Waals surface area (Å²) in [5.41, 5.74) is 6.53. The normalized spacial score (nSPS) is 12.6. The summed E-state index contributed by atoms with van der Waals surface area (Å²) in [6, 6.07) is 19.6. The smallest absolute Gasteiger partial charge is 0.337 e. The van der Waals surface area contributed by atoms with E-state index in [1.54, 1.807) is 12.1 Å². The van der Waals surface area contributed by atoms with Gasteiger partial charge >= 0.3 is 5.97 Å². The van der Waals surface area contributed by atoms with Crippen LogP contribution in [0.25, 0.3) is 11.1 Å². The molecular weight excluding hydrogens is 367 g/mol. The predicted molar refractivity (Wildman–Crippen MR) is 105 cm³/mol. The Balaban J connectivity index is 1.73. The summed E-state index contributed by atoms with van der Waals surface area (Å²) in [4.78, 5) is 11.6. The van der Waals surface area contributed by atoms with Gasteiger partial charge in [-0.3, -0.25) is 0 Å². The maximum atomic E-state index is 11.6. The van der Waals surface area contributed by atoms with Crippen molar-refractivity contribution in [1.82, 2.24) is 0 Å². The standard InChI is InChI=1S/C22H16Cl2O2/c1-26-22(25)14-4-2-13(3-5-14)10-19-20-11-15(23)6-8-17(20)18-9-7-16(24)12-21(18)19/h2-9,11-12,19H,10H2,1H3. The zero-order valence-electron chi connectivity index (χ0n) is 14.1. The van der Waals surface area contributed by atoms with Crippen LogP contribution in [0, 0.1) is 0 Å². The second-order valence-electron chi connectivity index (χ2n) is 6.41. The molecule has 130 valence electrons. The van der Waals surface area contributed by atoms with E-state index in [1.807, 2.05) is 36.4 Å². The van der Waals surface area contributed by atoms with Crippen LogP contribution in [0.4, 0.5) is 0 Å². The van der Waals surface area contributed by atoms with E-state index in [0.717, 1.165) is 22.0 Å². The van der Waals surface area contributed by atoms with E-state index in [1.165, 1.54) is 29.4 Å². The highest BCUT2D eigenvalue weighted by atomic mass is 35.5. The Bertz CT molecular complexity index is 942. The third-order valence-corrected chi connectivity index (χ3v) is 5.35. The Morgan fingerprint density at radius 2 is 1.42 bits per heavy atom. The maximum Gasteiger partial charge on any atom is 0.337 e. The minimum Gasteiger partial charge on any atom is -0.465 e. The molecule has 0 saturated carbocycles. The second kappa shape index (κ2) is 6.79. The molecule has 3 aromatic rings. The molecule has 0 aliphatic heterocycles. The number of fused-ring (bicyclic) bond motifs is 3. The number of carbonyl (C=O) groups excluding carboxylic acids is 1. The van der Waals surface area contributed by atoms with E-state index in [0.29, 0.717) is 5.56 Å². The fourth-order valence-corrected chi connectivity index (χ4v) is 4.01. The van der Waals surface area contributed by atoms with E-state index in [-0.39, 0.29) is 11.9 Å². The first-order valence-electron chi connectivity index (χ1n) is 8.33. The first-order valence-corrected chi connectivity index (χ1v) is 9.09. The zero-order chi connectivity index (χ0) is 18.3. The first kappa shape index (κ1) is 17.1. The highest BCUT2D eigenvalue weighted by Gasteiger charge is 2.29. The van der Waals surface area contributed by atoms with Crippen molar-refractivity contribution >= 4 is 29.2 Å². The molecule has 0 spiro atoms. The van der Waals surface area contributed by atoms with Crippen LogP contribution in [0.1, 0.15) is 33.0 Å². The van der Waals surface area contributed by atoms with Gasteiger partial charge in [0.05, 0.1) is 12.7 Å². The van der Waals surface area contributed by atoms with E-state index >= 15 is 0 Å². The van der Waals surface area contributed by atoms with Crippen LogP contribution in [0.2, 0.25) is 10.0 Å². The molecular formula is C22H16Cl2O2. The lowest BCUT2D eigenvalue weighted by molar-refractivity contribution is 0.0600. The Labute approximate surface area is 162 Å². The number of hydrogen-bond acceptors (Lipinski definition) is 2. The molecule has 1 aliphatic rings. The zero-order valence-corrected chi connectivity index (χ0v) is 15.6.